The van der Waals surface area contributed by atoms with Crippen molar-refractivity contribution in [2.75, 3.05) is 0 Å². The maximum Gasteiger partial charge on any atom is 0.197 e. The highest BCUT2D eigenvalue weighted by molar-refractivity contribution is 6.25. The van der Waals surface area contributed by atoms with Crippen LogP contribution in [0.3, 0.4) is 0 Å². The number of carbonyl (C=O) groups excluding carboxylic acids is 2. The number of hydrogen-bond donors (Lipinski definition) is 0. The van der Waals surface area contributed by atoms with Crippen LogP contribution in [0.1, 0.15) is 31.8 Å². The Hall–Kier alpha value is -6.26. The van der Waals surface area contributed by atoms with Gasteiger partial charge in [0.15, 0.2) is 23.2 Å². The first kappa shape index (κ1) is 30.4. The summed E-state index contributed by atoms with van der Waals surface area (Å²) < 4.78 is 33.7. The molecule has 0 aromatic heterocycles. The fourth-order valence-electron chi connectivity index (χ4n) is 6.28. The van der Waals surface area contributed by atoms with Crippen LogP contribution in [0.25, 0.3) is 44.5 Å². The van der Waals surface area contributed by atoms with E-state index in [9.17, 15) is 4.79 Å². The van der Waals surface area contributed by atoms with E-state index in [4.69, 9.17) is 0 Å². The van der Waals surface area contributed by atoms with E-state index in [1.165, 1.54) is 0 Å². The van der Waals surface area contributed by atoms with Crippen LogP contribution in [0.5, 0.6) is 0 Å². The lowest BCUT2D eigenvalue weighted by atomic mass is 9.80. The van der Waals surface area contributed by atoms with E-state index in [0.717, 1.165) is 16.7 Å². The molecule has 7 aromatic rings. The lowest BCUT2D eigenvalue weighted by Gasteiger charge is -2.22. The molecule has 230 valence electrons. The minimum absolute atomic E-state index is 0.0866. The number of ketones is 2. The molecule has 7 aromatic carbocycles. The summed E-state index contributed by atoms with van der Waals surface area (Å²) in [6.45, 7) is 0. The van der Waals surface area contributed by atoms with Crippen molar-refractivity contribution in [1.29, 1.82) is 0 Å². The molecule has 0 aliphatic carbocycles. The summed E-state index contributed by atoms with van der Waals surface area (Å²) in [4.78, 5) is 29.7. The molecule has 0 saturated carbocycles. The van der Waals surface area contributed by atoms with Crippen molar-refractivity contribution in [3.8, 4) is 44.5 Å². The highest BCUT2D eigenvalue weighted by Gasteiger charge is 2.34. The molecular weight excluding hydrogens is 598 g/mol. The maximum atomic E-state index is 16.9. The van der Waals surface area contributed by atoms with E-state index < -0.39 is 28.8 Å². The minimum Gasteiger partial charge on any atom is -0.289 e. The molecule has 48 heavy (non-hydrogen) atoms. The van der Waals surface area contributed by atoms with Crippen molar-refractivity contribution >= 4 is 11.6 Å². The molecule has 0 saturated heterocycles. The number of benzene rings is 7. The van der Waals surface area contributed by atoms with Gasteiger partial charge < -0.3 is 0 Å². The largest absolute Gasteiger partial charge is 0.289 e. The zero-order valence-corrected chi connectivity index (χ0v) is 25.7. The Morgan fingerprint density at radius 1 is 0.354 bits per heavy atom. The molecule has 0 amide bonds. The van der Waals surface area contributed by atoms with Crippen LogP contribution in [0.4, 0.5) is 8.78 Å². The lowest BCUT2D eigenvalue weighted by Crippen LogP contribution is -2.18. The first-order valence-electron chi connectivity index (χ1n) is 15.6. The molecule has 0 aliphatic heterocycles. The summed E-state index contributed by atoms with van der Waals surface area (Å²) in [5.74, 6) is -3.95. The highest BCUT2D eigenvalue weighted by atomic mass is 19.2. The Balaban J connectivity index is 1.60. The molecule has 0 atom stereocenters. The minimum atomic E-state index is -1.37. The third kappa shape index (κ3) is 5.54. The van der Waals surface area contributed by atoms with Crippen molar-refractivity contribution in [1.82, 2.24) is 0 Å². The first-order valence-corrected chi connectivity index (χ1v) is 15.6. The van der Waals surface area contributed by atoms with Crippen molar-refractivity contribution in [3.63, 3.8) is 0 Å². The van der Waals surface area contributed by atoms with Crippen LogP contribution in [0.2, 0.25) is 0 Å². The second-order valence-electron chi connectivity index (χ2n) is 11.3. The van der Waals surface area contributed by atoms with E-state index in [1.54, 1.807) is 103 Å². The van der Waals surface area contributed by atoms with Crippen molar-refractivity contribution in [2.45, 2.75) is 0 Å². The van der Waals surface area contributed by atoms with Crippen molar-refractivity contribution < 1.29 is 18.4 Å². The molecule has 0 aliphatic rings. The van der Waals surface area contributed by atoms with Gasteiger partial charge in [0.1, 0.15) is 0 Å². The Morgan fingerprint density at radius 2 is 0.792 bits per heavy atom. The van der Waals surface area contributed by atoms with E-state index in [0.29, 0.717) is 16.7 Å². The van der Waals surface area contributed by atoms with E-state index in [1.807, 2.05) is 66.7 Å². The van der Waals surface area contributed by atoms with Gasteiger partial charge in [0.25, 0.3) is 0 Å². The van der Waals surface area contributed by atoms with Crippen molar-refractivity contribution in [2.24, 2.45) is 0 Å². The third-order valence-corrected chi connectivity index (χ3v) is 8.45. The summed E-state index contributed by atoms with van der Waals surface area (Å²) >= 11 is 0. The van der Waals surface area contributed by atoms with E-state index in [-0.39, 0.29) is 27.8 Å². The molecule has 0 N–H and O–H groups in total. The Morgan fingerprint density at radius 3 is 1.31 bits per heavy atom. The van der Waals surface area contributed by atoms with Crippen LogP contribution in [-0.2, 0) is 0 Å². The molecule has 2 nitrogen and oxygen atoms in total. The topological polar surface area (TPSA) is 34.1 Å². The predicted octanol–water partition coefficient (Wildman–Crippen LogP) is 11.1. The zero-order chi connectivity index (χ0) is 33.0. The molecule has 0 fully saturated rings. The average Bonchev–Trinajstić information content (AvgIpc) is 3.16. The van der Waals surface area contributed by atoms with Crippen LogP contribution < -0.4 is 0 Å². The van der Waals surface area contributed by atoms with Crippen LogP contribution >= 0.6 is 0 Å². The van der Waals surface area contributed by atoms with Gasteiger partial charge in [-0.2, -0.15) is 0 Å². The third-order valence-electron chi connectivity index (χ3n) is 8.45. The first-order chi connectivity index (χ1) is 23.5. The SMILES string of the molecule is O=C(c1cccc(-c2ccccc2)c1-c1ccccc1)c1c(F)c(F)c(-c2ccccc2)c(-c2ccccc2)c1C(=O)c1ccccc1. The van der Waals surface area contributed by atoms with Gasteiger partial charge in [-0.25, -0.2) is 8.78 Å². The summed E-state index contributed by atoms with van der Waals surface area (Å²) in [6, 6.07) is 49.9. The monoisotopic (exact) mass is 626 g/mol. The highest BCUT2D eigenvalue weighted by Crippen LogP contribution is 2.43. The lowest BCUT2D eigenvalue weighted by molar-refractivity contribution is 0.1000. The Kier molecular flexibility index (Phi) is 8.38. The van der Waals surface area contributed by atoms with Gasteiger partial charge in [-0.15, -0.1) is 0 Å². The fraction of sp³-hybridized carbons (Fsp3) is 0. The molecule has 0 spiro atoms. The molecule has 0 heterocycles. The van der Waals surface area contributed by atoms with Crippen LogP contribution in [0.15, 0.2) is 170 Å². The maximum absolute atomic E-state index is 16.9. The van der Waals surface area contributed by atoms with Gasteiger partial charge in [-0.1, -0.05) is 170 Å². The number of halogens is 2. The summed E-state index contributed by atoms with van der Waals surface area (Å²) in [6.07, 6.45) is 0. The van der Waals surface area contributed by atoms with Gasteiger partial charge in [0.05, 0.1) is 5.56 Å². The summed E-state index contributed by atoms with van der Waals surface area (Å²) in [7, 11) is 0. The van der Waals surface area contributed by atoms with Crippen molar-refractivity contribution in [3.05, 3.63) is 204 Å². The summed E-state index contributed by atoms with van der Waals surface area (Å²) in [5, 5.41) is 0. The molecular formula is C44H28F2O2. The fourth-order valence-corrected chi connectivity index (χ4v) is 6.28. The number of carbonyl (C=O) groups is 2. The Labute approximate surface area is 277 Å². The van der Waals surface area contributed by atoms with Gasteiger partial charge in [-0.05, 0) is 27.8 Å². The van der Waals surface area contributed by atoms with Crippen LogP contribution in [0, 0.1) is 11.6 Å². The average molecular weight is 627 g/mol. The van der Waals surface area contributed by atoms with Crippen LogP contribution in [-0.4, -0.2) is 11.6 Å². The van der Waals surface area contributed by atoms with E-state index >= 15 is 13.6 Å². The summed E-state index contributed by atoms with van der Waals surface area (Å²) in [5.41, 5.74) is 3.38. The normalized spacial score (nSPS) is 10.9. The molecule has 0 bridgehead atoms. The van der Waals surface area contributed by atoms with Gasteiger partial charge in [0, 0.05) is 33.4 Å². The second kappa shape index (κ2) is 13.2. The van der Waals surface area contributed by atoms with Gasteiger partial charge in [0.2, 0.25) is 0 Å². The predicted molar refractivity (Wildman–Crippen MR) is 188 cm³/mol. The second-order valence-corrected chi connectivity index (χ2v) is 11.3. The Bertz CT molecular complexity index is 2250. The van der Waals surface area contributed by atoms with Gasteiger partial charge >= 0.3 is 0 Å². The number of rotatable bonds is 8. The van der Waals surface area contributed by atoms with E-state index in [2.05, 4.69) is 0 Å². The molecule has 7 rings (SSSR count). The standard InChI is InChI=1S/C44H28F2O2/c45-41-38(32-23-12-4-13-24-32)37(31-21-10-3-11-22-31)39(43(47)33-25-14-5-15-26-33)40(42(41)46)44(48)35-28-16-27-34(29-17-6-1-7-18-29)36(35)30-19-8-2-9-20-30/h1-28H. The molecule has 0 unspecified atom stereocenters. The quantitative estimate of drug-likeness (QED) is 0.157. The van der Waals surface area contributed by atoms with Gasteiger partial charge in [-0.3, -0.25) is 9.59 Å². The number of hydrogen-bond acceptors (Lipinski definition) is 2. The molecule has 4 heteroatoms. The smallest absolute Gasteiger partial charge is 0.197 e. The molecule has 0 radical (unpaired) electrons. The zero-order valence-electron chi connectivity index (χ0n) is 25.7.